The van der Waals surface area contributed by atoms with E-state index in [9.17, 15) is 4.79 Å². The second-order valence-corrected chi connectivity index (χ2v) is 2.82. The summed E-state index contributed by atoms with van der Waals surface area (Å²) in [6.07, 6.45) is 6.58. The molecule has 4 nitrogen and oxygen atoms in total. The molecule has 0 aromatic heterocycles. The van der Waals surface area contributed by atoms with Gasteiger partial charge in [0.1, 0.15) is 0 Å². The molecule has 2 aliphatic rings. The molecule has 0 bridgehead atoms. The van der Waals surface area contributed by atoms with Crippen LogP contribution in [0.1, 0.15) is 0 Å². The molecule has 0 fully saturated rings. The molecule has 0 amide bonds. The van der Waals surface area contributed by atoms with E-state index in [-0.39, 0.29) is 0 Å². The van der Waals surface area contributed by atoms with Crippen molar-refractivity contribution in [2.24, 2.45) is 0 Å². The maximum Gasteiger partial charge on any atom is 0.167 e. The van der Waals surface area contributed by atoms with Gasteiger partial charge in [0.25, 0.3) is 0 Å². The van der Waals surface area contributed by atoms with Crippen molar-refractivity contribution in [3.05, 3.63) is 35.3 Å². The minimum Gasteiger partial charge on any atom is -0.380 e. The normalized spacial score (nSPS) is 19.8. The summed E-state index contributed by atoms with van der Waals surface area (Å²) in [5, 5.41) is 4.96. The molecule has 0 aromatic rings. The van der Waals surface area contributed by atoms with E-state index in [1.807, 2.05) is 12.2 Å². The van der Waals surface area contributed by atoms with Crippen molar-refractivity contribution >= 4 is 6.29 Å². The van der Waals surface area contributed by atoms with E-state index in [1.165, 1.54) is 0 Å². The van der Waals surface area contributed by atoms with Gasteiger partial charge >= 0.3 is 0 Å². The summed E-state index contributed by atoms with van der Waals surface area (Å²) in [6.45, 7) is 0.819. The van der Waals surface area contributed by atoms with Gasteiger partial charge in [0.15, 0.2) is 6.29 Å². The predicted octanol–water partition coefficient (Wildman–Crippen LogP) is -0.110. The number of nitrogens with zero attached hydrogens (tertiary/aromatic N) is 1. The van der Waals surface area contributed by atoms with Crippen molar-refractivity contribution in [3.8, 4) is 0 Å². The maximum absolute atomic E-state index is 10.7. The van der Waals surface area contributed by atoms with Crippen LogP contribution in [-0.4, -0.2) is 24.9 Å². The number of hydrogen-bond acceptors (Lipinski definition) is 4. The first-order chi connectivity index (χ1) is 6.36. The van der Waals surface area contributed by atoms with Crippen LogP contribution < -0.4 is 10.7 Å². The first kappa shape index (κ1) is 8.07. The van der Waals surface area contributed by atoms with Crippen molar-refractivity contribution in [2.45, 2.75) is 0 Å². The highest BCUT2D eigenvalue weighted by Gasteiger charge is 2.22. The maximum atomic E-state index is 10.7. The highest BCUT2D eigenvalue weighted by Crippen LogP contribution is 2.23. The Morgan fingerprint density at radius 1 is 1.62 bits per heavy atom. The molecule has 0 radical (unpaired) electrons. The van der Waals surface area contributed by atoms with Gasteiger partial charge in [-0.25, -0.2) is 5.43 Å². The fourth-order valence-electron chi connectivity index (χ4n) is 1.54. The fourth-order valence-corrected chi connectivity index (χ4v) is 1.54. The van der Waals surface area contributed by atoms with Crippen LogP contribution in [0.25, 0.3) is 0 Å². The van der Waals surface area contributed by atoms with Gasteiger partial charge in [-0.2, -0.15) is 0 Å². The fraction of sp³-hybridized carbons (Fsp3) is 0.222. The number of rotatable bonds is 2. The van der Waals surface area contributed by atoms with Crippen LogP contribution >= 0.6 is 0 Å². The van der Waals surface area contributed by atoms with Crippen LogP contribution in [0.15, 0.2) is 35.3 Å². The number of aldehydes is 1. The highest BCUT2D eigenvalue weighted by molar-refractivity contribution is 5.75. The van der Waals surface area contributed by atoms with Crippen molar-refractivity contribution in [1.82, 2.24) is 15.8 Å². The van der Waals surface area contributed by atoms with Crippen LogP contribution in [0.2, 0.25) is 0 Å². The highest BCUT2D eigenvalue weighted by atomic mass is 16.1. The topological polar surface area (TPSA) is 44.4 Å². The van der Waals surface area contributed by atoms with Crippen LogP contribution in [0.5, 0.6) is 0 Å². The van der Waals surface area contributed by atoms with Gasteiger partial charge in [-0.3, -0.25) is 9.80 Å². The summed E-state index contributed by atoms with van der Waals surface area (Å²) < 4.78 is 0. The molecular weight excluding hydrogens is 166 g/mol. The Kier molecular flexibility index (Phi) is 1.90. The third kappa shape index (κ3) is 1.15. The van der Waals surface area contributed by atoms with Crippen molar-refractivity contribution in [1.29, 1.82) is 0 Å². The van der Waals surface area contributed by atoms with Gasteiger partial charge in [0.05, 0.1) is 17.1 Å². The molecule has 0 spiro atoms. The standard InChI is InChI=1S/C9H11N3O/c1-10-12-7(6-13)2-3-8-9(12)4-5-11-8/h2-4,6,10-11H,5H2,1H3. The SMILES string of the molecule is CNN1C(C=O)=CC=C2NCC=C21. The van der Waals surface area contributed by atoms with Crippen molar-refractivity contribution in [3.63, 3.8) is 0 Å². The number of carbonyl (C=O) groups excluding carboxylic acids is 1. The first-order valence-corrected chi connectivity index (χ1v) is 4.16. The third-order valence-electron chi connectivity index (χ3n) is 2.13. The van der Waals surface area contributed by atoms with E-state index in [0.717, 1.165) is 24.2 Å². The van der Waals surface area contributed by atoms with Crippen molar-refractivity contribution < 1.29 is 4.79 Å². The quantitative estimate of drug-likeness (QED) is 0.578. The number of hydrazine groups is 1. The zero-order chi connectivity index (χ0) is 9.26. The average Bonchev–Trinajstić information content (AvgIpc) is 2.63. The summed E-state index contributed by atoms with van der Waals surface area (Å²) in [5.74, 6) is 0. The summed E-state index contributed by atoms with van der Waals surface area (Å²) >= 11 is 0. The zero-order valence-electron chi connectivity index (χ0n) is 7.37. The minimum atomic E-state index is 0.626. The Morgan fingerprint density at radius 2 is 2.46 bits per heavy atom. The van der Waals surface area contributed by atoms with Gasteiger partial charge in [-0.1, -0.05) is 0 Å². The number of hydrogen-bond donors (Lipinski definition) is 2. The summed E-state index contributed by atoms with van der Waals surface area (Å²) in [5.41, 5.74) is 5.66. The number of nitrogens with one attached hydrogen (secondary N) is 2. The lowest BCUT2D eigenvalue weighted by atomic mass is 10.2. The molecule has 0 saturated carbocycles. The van der Waals surface area contributed by atoms with E-state index in [0.29, 0.717) is 5.70 Å². The average molecular weight is 177 g/mol. The van der Waals surface area contributed by atoms with E-state index >= 15 is 0 Å². The molecule has 2 N–H and O–H groups in total. The Labute approximate surface area is 76.6 Å². The predicted molar refractivity (Wildman–Crippen MR) is 49.2 cm³/mol. The minimum absolute atomic E-state index is 0.626. The van der Waals surface area contributed by atoms with Gasteiger partial charge in [0, 0.05) is 13.6 Å². The molecule has 0 unspecified atom stereocenters. The van der Waals surface area contributed by atoms with Gasteiger partial charge in [-0.05, 0) is 18.2 Å². The Bertz CT molecular complexity index is 326. The molecule has 2 rings (SSSR count). The molecule has 0 atom stereocenters. The molecule has 0 aromatic carbocycles. The number of carbonyl (C=O) groups is 1. The lowest BCUT2D eigenvalue weighted by Gasteiger charge is -2.27. The van der Waals surface area contributed by atoms with Crippen LogP contribution in [0.4, 0.5) is 0 Å². The smallest absolute Gasteiger partial charge is 0.167 e. The monoisotopic (exact) mass is 177 g/mol. The second kappa shape index (κ2) is 3.06. The number of allylic oxidation sites excluding steroid dienone is 3. The van der Waals surface area contributed by atoms with E-state index < -0.39 is 0 Å². The van der Waals surface area contributed by atoms with E-state index in [1.54, 1.807) is 18.1 Å². The van der Waals surface area contributed by atoms with Crippen LogP contribution in [0, 0.1) is 0 Å². The van der Waals surface area contributed by atoms with Crippen molar-refractivity contribution in [2.75, 3.05) is 13.6 Å². The number of fused-ring (bicyclic) bond motifs is 1. The van der Waals surface area contributed by atoms with Crippen LogP contribution in [0.3, 0.4) is 0 Å². The molecule has 13 heavy (non-hydrogen) atoms. The molecule has 0 aliphatic carbocycles. The van der Waals surface area contributed by atoms with Gasteiger partial charge in [-0.15, -0.1) is 0 Å². The molecule has 0 saturated heterocycles. The third-order valence-corrected chi connectivity index (χ3v) is 2.13. The van der Waals surface area contributed by atoms with Gasteiger partial charge < -0.3 is 5.32 Å². The molecule has 4 heteroatoms. The molecule has 2 aliphatic heterocycles. The Balaban J connectivity index is 2.39. The van der Waals surface area contributed by atoms with E-state index in [2.05, 4.69) is 10.7 Å². The zero-order valence-corrected chi connectivity index (χ0v) is 7.37. The Hall–Kier alpha value is -1.55. The summed E-state index contributed by atoms with van der Waals surface area (Å²) in [4.78, 5) is 10.7. The summed E-state index contributed by atoms with van der Waals surface area (Å²) in [6, 6.07) is 0. The van der Waals surface area contributed by atoms with Crippen LogP contribution in [-0.2, 0) is 4.79 Å². The van der Waals surface area contributed by atoms with Gasteiger partial charge in [0.2, 0.25) is 0 Å². The second-order valence-electron chi connectivity index (χ2n) is 2.82. The lowest BCUT2D eigenvalue weighted by Crippen LogP contribution is -2.36. The first-order valence-electron chi connectivity index (χ1n) is 4.16. The Morgan fingerprint density at radius 3 is 3.15 bits per heavy atom. The molecule has 68 valence electrons. The largest absolute Gasteiger partial charge is 0.380 e. The molecular formula is C9H11N3O. The summed E-state index contributed by atoms with van der Waals surface area (Å²) in [7, 11) is 1.79. The molecule has 2 heterocycles. The van der Waals surface area contributed by atoms with E-state index in [4.69, 9.17) is 0 Å². The lowest BCUT2D eigenvalue weighted by molar-refractivity contribution is -0.106.